The minimum atomic E-state index is -3.48. The van der Waals surface area contributed by atoms with Crippen molar-refractivity contribution in [1.82, 2.24) is 0 Å². The molecule has 0 fully saturated rings. The van der Waals surface area contributed by atoms with Crippen molar-refractivity contribution in [2.75, 3.05) is 15.8 Å². The quantitative estimate of drug-likeness (QED) is 0.500. The molecule has 0 radical (unpaired) electrons. The average Bonchev–Trinajstić information content (AvgIpc) is 2.51. The molecule has 1 rings (SSSR count). The zero-order valence-electron chi connectivity index (χ0n) is 14.7. The molecule has 0 aliphatic rings. The number of sulfonamides is 1. The number of carbonyl (C=O) groups is 2. The molecule has 1 unspecified atom stereocenters. The van der Waals surface area contributed by atoms with Crippen LogP contribution in [0, 0.1) is 0 Å². The predicted molar refractivity (Wildman–Crippen MR) is 90.4 cm³/mol. The summed E-state index contributed by atoms with van der Waals surface area (Å²) in [4.78, 5) is 23.4. The van der Waals surface area contributed by atoms with E-state index >= 15 is 0 Å². The Morgan fingerprint density at radius 3 is 2.54 bits per heavy atom. The van der Waals surface area contributed by atoms with Crippen LogP contribution in [0.25, 0.3) is 0 Å². The third-order valence-electron chi connectivity index (χ3n) is 2.69. The van der Waals surface area contributed by atoms with Crippen LogP contribution >= 0.6 is 0 Å². The zero-order valence-corrected chi connectivity index (χ0v) is 14.5. The van der Waals surface area contributed by atoms with Crippen molar-refractivity contribution in [2.24, 2.45) is 0 Å². The molecule has 0 heterocycles. The number of hydrogen-bond acceptors (Lipinski definition) is 6. The van der Waals surface area contributed by atoms with Crippen molar-refractivity contribution in [3.8, 4) is 0 Å². The molecule has 1 atom stereocenters. The van der Waals surface area contributed by atoms with E-state index in [1.54, 1.807) is 0 Å². The molecule has 24 heavy (non-hydrogen) atoms. The highest BCUT2D eigenvalue weighted by atomic mass is 32.2. The van der Waals surface area contributed by atoms with E-state index in [4.69, 9.17) is 6.11 Å². The van der Waals surface area contributed by atoms with Crippen LogP contribution in [0.4, 0.5) is 11.4 Å². The van der Waals surface area contributed by atoms with Gasteiger partial charge in [0.1, 0.15) is 5.60 Å². The van der Waals surface area contributed by atoms with E-state index in [-0.39, 0.29) is 24.0 Å². The molecule has 0 aliphatic heterocycles. The number of rotatable bonds is 7. The molecular formula is C15H22N2O6S. The smallest absolute Gasteiger partial charge is 0.340 e. The molecule has 0 aliphatic carbocycles. The van der Waals surface area contributed by atoms with Gasteiger partial charge in [-0.1, -0.05) is 6.07 Å². The highest BCUT2D eigenvalue weighted by Crippen LogP contribution is 2.18. The molecule has 1 aromatic rings. The van der Waals surface area contributed by atoms with Gasteiger partial charge in [0, 0.05) is 7.06 Å². The Bertz CT molecular complexity index is 735. The monoisotopic (exact) mass is 359 g/mol. The molecule has 9 heteroatoms. The molecule has 134 valence electrons. The molecule has 0 spiro atoms. The Labute approximate surface area is 142 Å². The largest absolute Gasteiger partial charge is 0.479 e. The number of hydrogen-bond donors (Lipinski definition) is 3. The predicted octanol–water partition coefficient (Wildman–Crippen LogP) is 1.65. The van der Waals surface area contributed by atoms with Gasteiger partial charge in [-0.2, -0.15) is 0 Å². The van der Waals surface area contributed by atoms with Gasteiger partial charge in [-0.3, -0.25) is 4.72 Å². The molecular weight excluding hydrogens is 336 g/mol. The summed E-state index contributed by atoms with van der Waals surface area (Å²) in [6, 6.07) is 4.17. The number of anilines is 2. The Balaban J connectivity index is 2.96. The maximum atomic E-state index is 12.1. The number of benzene rings is 1. The molecule has 0 bridgehead atoms. The van der Waals surface area contributed by atoms with Crippen molar-refractivity contribution in [3.63, 3.8) is 0 Å². The van der Waals surface area contributed by atoms with Crippen LogP contribution in [-0.2, 0) is 24.3 Å². The van der Waals surface area contributed by atoms with E-state index < -0.39 is 33.6 Å². The lowest BCUT2D eigenvalue weighted by molar-refractivity contribution is -0.160. The van der Waals surface area contributed by atoms with E-state index in [1.807, 2.05) is 0 Å². The number of carboxylic acids is 1. The first-order valence-corrected chi connectivity index (χ1v) is 8.77. The number of ether oxygens (including phenoxy) is 1. The first-order valence-electron chi connectivity index (χ1n) is 7.82. The van der Waals surface area contributed by atoms with Crippen LogP contribution in [0.1, 0.15) is 29.0 Å². The fraction of sp³-hybridized carbons (Fsp3) is 0.467. The normalized spacial score (nSPS) is 13.5. The molecule has 3 N–H and O–H groups in total. The van der Waals surface area contributed by atoms with Gasteiger partial charge < -0.3 is 15.2 Å². The van der Waals surface area contributed by atoms with Crippen LogP contribution in [0.5, 0.6) is 0 Å². The van der Waals surface area contributed by atoms with E-state index in [9.17, 15) is 23.1 Å². The Kier molecular flexibility index (Phi) is 5.66. The van der Waals surface area contributed by atoms with Gasteiger partial charge in [0.05, 0.1) is 11.4 Å². The zero-order chi connectivity index (χ0) is 19.3. The molecule has 0 saturated carbocycles. The molecule has 8 nitrogen and oxygen atoms in total. The number of nitrogens with one attached hydrogen (secondary N) is 2. The lowest BCUT2D eigenvalue weighted by atomic mass is 10.2. The van der Waals surface area contributed by atoms with Crippen LogP contribution in [0.15, 0.2) is 24.3 Å². The van der Waals surface area contributed by atoms with Crippen molar-refractivity contribution in [2.45, 2.75) is 39.3 Å². The summed E-state index contributed by atoms with van der Waals surface area (Å²) in [6.07, 6.45) is 0. The Morgan fingerprint density at radius 1 is 1.38 bits per heavy atom. The fourth-order valence-corrected chi connectivity index (χ4v) is 2.27. The molecule has 0 amide bonds. The third kappa shape index (κ3) is 6.45. The second-order valence-corrected chi connectivity index (χ2v) is 7.69. The molecule has 0 saturated heterocycles. The maximum Gasteiger partial charge on any atom is 0.340 e. The van der Waals surface area contributed by atoms with Gasteiger partial charge in [0.25, 0.3) is 0 Å². The first kappa shape index (κ1) is 18.1. The maximum absolute atomic E-state index is 12.1. The van der Waals surface area contributed by atoms with Gasteiger partial charge in [-0.25, -0.2) is 18.0 Å². The van der Waals surface area contributed by atoms with Crippen LogP contribution in [0.2, 0.25) is 0 Å². The SMILES string of the molecule is [2H]CC(C)(C)OC(=O)C(Nc1cccc(NS(=O)(=O)CC)c1)C(=O)O. The topological polar surface area (TPSA) is 122 Å². The summed E-state index contributed by atoms with van der Waals surface area (Å²) in [6.45, 7) is 4.25. The van der Waals surface area contributed by atoms with E-state index in [0.717, 1.165) is 0 Å². The number of esters is 1. The lowest BCUT2D eigenvalue weighted by Gasteiger charge is -2.23. The fourth-order valence-electron chi connectivity index (χ4n) is 1.64. The number of carboxylic acid groups (broad SMARTS) is 1. The van der Waals surface area contributed by atoms with Crippen LogP contribution in [-0.4, -0.2) is 42.9 Å². The van der Waals surface area contributed by atoms with Crippen LogP contribution < -0.4 is 10.0 Å². The lowest BCUT2D eigenvalue weighted by Crippen LogP contribution is -2.42. The van der Waals surface area contributed by atoms with Gasteiger partial charge in [-0.15, -0.1) is 0 Å². The second-order valence-electron chi connectivity index (χ2n) is 5.68. The first-order chi connectivity index (χ1) is 11.5. The summed E-state index contributed by atoms with van der Waals surface area (Å²) in [5.74, 6) is -2.61. The third-order valence-corrected chi connectivity index (χ3v) is 3.99. The van der Waals surface area contributed by atoms with Crippen molar-refractivity contribution < 1.29 is 29.2 Å². The van der Waals surface area contributed by atoms with Gasteiger partial charge in [0.15, 0.2) is 0 Å². The van der Waals surface area contributed by atoms with Crippen LogP contribution in [0.3, 0.4) is 0 Å². The van der Waals surface area contributed by atoms with Gasteiger partial charge in [-0.05, 0) is 45.9 Å². The Morgan fingerprint density at radius 2 is 2.00 bits per heavy atom. The number of aliphatic carboxylic acids is 1. The van der Waals surface area contributed by atoms with E-state index in [2.05, 4.69) is 10.0 Å². The minimum absolute atomic E-state index is 0.114. The summed E-state index contributed by atoms with van der Waals surface area (Å²) in [5, 5.41) is 11.7. The number of carbonyl (C=O) groups excluding carboxylic acids is 1. The van der Waals surface area contributed by atoms with E-state index in [0.29, 0.717) is 0 Å². The molecule has 0 aromatic heterocycles. The average molecular weight is 359 g/mol. The van der Waals surface area contributed by atoms with Gasteiger partial charge >= 0.3 is 11.9 Å². The summed E-state index contributed by atoms with van der Waals surface area (Å²) in [7, 11) is -3.48. The van der Waals surface area contributed by atoms with Crippen molar-refractivity contribution in [3.05, 3.63) is 24.3 Å². The summed E-state index contributed by atoms with van der Waals surface area (Å²) in [5.41, 5.74) is -0.661. The van der Waals surface area contributed by atoms with Gasteiger partial charge in [0.2, 0.25) is 16.1 Å². The highest BCUT2D eigenvalue weighted by molar-refractivity contribution is 7.92. The summed E-state index contributed by atoms with van der Waals surface area (Å²) < 4.78 is 37.8. The standard InChI is InChI=1S/C15H22N2O6S/c1-5-24(21,22)17-11-8-6-7-10(9-11)16-12(13(18)19)14(20)23-15(2,3)4/h6-9,12,16-17H,5H2,1-4H3,(H,18,19)/i2D. The minimum Gasteiger partial charge on any atom is -0.479 e. The summed E-state index contributed by atoms with van der Waals surface area (Å²) >= 11 is 0. The van der Waals surface area contributed by atoms with E-state index in [1.165, 1.54) is 45.0 Å². The van der Waals surface area contributed by atoms with Crippen molar-refractivity contribution in [1.29, 1.82) is 0 Å². The highest BCUT2D eigenvalue weighted by Gasteiger charge is 2.31. The second kappa shape index (κ2) is 7.52. The Hall–Kier alpha value is -2.29. The molecule has 1 aromatic carbocycles. The van der Waals surface area contributed by atoms with Crippen molar-refractivity contribution >= 4 is 33.3 Å².